The molecular weight excluding hydrogens is 400 g/mol. The highest BCUT2D eigenvalue weighted by Gasteiger charge is 2.27. The number of nitrogens with two attached hydrogens (primary N) is 1. The summed E-state index contributed by atoms with van der Waals surface area (Å²) >= 11 is 4.24. The second-order valence-corrected chi connectivity index (χ2v) is 6.76. The van der Waals surface area contributed by atoms with Crippen LogP contribution in [0.4, 0.5) is 5.00 Å². The van der Waals surface area contributed by atoms with Crippen molar-refractivity contribution in [2.75, 3.05) is 12.4 Å². The maximum atomic E-state index is 12.6. The fourth-order valence-electron chi connectivity index (χ4n) is 2.23. The number of ether oxygens (including phenoxy) is 1. The first-order valence-corrected chi connectivity index (χ1v) is 8.31. The van der Waals surface area contributed by atoms with Gasteiger partial charge in [-0.1, -0.05) is 0 Å². The third-order valence-corrected chi connectivity index (χ3v) is 5.52. The molecule has 0 unspecified atom stereocenters. The molecule has 24 heavy (non-hydrogen) atoms. The van der Waals surface area contributed by atoms with E-state index in [0.717, 1.165) is 11.3 Å². The number of carbonyl (C=O) groups excluding carboxylic acids is 3. The Morgan fingerprint density at radius 1 is 1.33 bits per heavy atom. The van der Waals surface area contributed by atoms with E-state index in [0.29, 0.717) is 15.7 Å². The molecular formula is C14H15BrN4O4S. The minimum Gasteiger partial charge on any atom is -0.465 e. The Morgan fingerprint density at radius 2 is 1.96 bits per heavy atom. The SMILES string of the molecule is COC(=O)c1c(NC(=O)c2c(Br)c(C)nn2C)sc(C(N)=O)c1C. The van der Waals surface area contributed by atoms with Crippen LogP contribution < -0.4 is 11.1 Å². The van der Waals surface area contributed by atoms with Crippen LogP contribution in [-0.2, 0) is 11.8 Å². The van der Waals surface area contributed by atoms with E-state index in [9.17, 15) is 14.4 Å². The Balaban J connectivity index is 2.49. The molecule has 0 radical (unpaired) electrons. The molecule has 2 rings (SSSR count). The number of hydrogen-bond donors (Lipinski definition) is 2. The number of aromatic nitrogens is 2. The maximum Gasteiger partial charge on any atom is 0.341 e. The number of methoxy groups -OCH3 is 1. The predicted molar refractivity (Wildman–Crippen MR) is 92.5 cm³/mol. The largest absolute Gasteiger partial charge is 0.465 e. The number of esters is 1. The first-order chi connectivity index (χ1) is 11.2. The highest BCUT2D eigenvalue weighted by molar-refractivity contribution is 9.10. The molecule has 10 heteroatoms. The summed E-state index contributed by atoms with van der Waals surface area (Å²) in [6.07, 6.45) is 0. The lowest BCUT2D eigenvalue weighted by Gasteiger charge is -2.06. The van der Waals surface area contributed by atoms with Crippen molar-refractivity contribution >= 4 is 50.1 Å². The van der Waals surface area contributed by atoms with E-state index >= 15 is 0 Å². The van der Waals surface area contributed by atoms with Gasteiger partial charge in [0.05, 0.1) is 27.7 Å². The van der Waals surface area contributed by atoms with Crippen LogP contribution in [0.25, 0.3) is 0 Å². The van der Waals surface area contributed by atoms with Crippen LogP contribution in [0.5, 0.6) is 0 Å². The number of amides is 2. The van der Waals surface area contributed by atoms with Crippen molar-refractivity contribution in [3.8, 4) is 0 Å². The Morgan fingerprint density at radius 3 is 2.42 bits per heavy atom. The molecule has 2 heterocycles. The molecule has 0 atom stereocenters. The summed E-state index contributed by atoms with van der Waals surface area (Å²) in [7, 11) is 2.85. The molecule has 0 spiro atoms. The molecule has 0 saturated carbocycles. The van der Waals surface area contributed by atoms with Gasteiger partial charge in [0.2, 0.25) is 0 Å². The van der Waals surface area contributed by atoms with Crippen molar-refractivity contribution in [2.45, 2.75) is 13.8 Å². The summed E-state index contributed by atoms with van der Waals surface area (Å²) in [5.41, 5.74) is 6.73. The third-order valence-electron chi connectivity index (χ3n) is 3.35. The lowest BCUT2D eigenvalue weighted by atomic mass is 10.1. The van der Waals surface area contributed by atoms with Crippen molar-refractivity contribution in [1.29, 1.82) is 0 Å². The number of nitrogens with zero attached hydrogens (tertiary/aromatic N) is 2. The fourth-order valence-corrected chi connectivity index (χ4v) is 3.78. The van der Waals surface area contributed by atoms with Crippen molar-refractivity contribution in [3.05, 3.63) is 31.9 Å². The van der Waals surface area contributed by atoms with Crippen LogP contribution in [0.15, 0.2) is 4.47 Å². The Kier molecular flexibility index (Phi) is 5.09. The third kappa shape index (κ3) is 3.06. The van der Waals surface area contributed by atoms with Gasteiger partial charge in [0.25, 0.3) is 11.8 Å². The minimum atomic E-state index is -0.680. The molecule has 0 aliphatic carbocycles. The number of anilines is 1. The zero-order valence-corrected chi connectivity index (χ0v) is 15.8. The van der Waals surface area contributed by atoms with E-state index in [-0.39, 0.29) is 21.1 Å². The van der Waals surface area contributed by atoms with Gasteiger partial charge in [-0.15, -0.1) is 11.3 Å². The van der Waals surface area contributed by atoms with Gasteiger partial charge in [0.15, 0.2) is 0 Å². The maximum absolute atomic E-state index is 12.6. The van der Waals surface area contributed by atoms with Gasteiger partial charge in [-0.2, -0.15) is 5.10 Å². The van der Waals surface area contributed by atoms with Gasteiger partial charge in [-0.3, -0.25) is 14.3 Å². The minimum absolute atomic E-state index is 0.111. The Bertz CT molecular complexity index is 856. The summed E-state index contributed by atoms with van der Waals surface area (Å²) in [6, 6.07) is 0. The Hall–Kier alpha value is -2.20. The number of rotatable bonds is 4. The van der Waals surface area contributed by atoms with Crippen molar-refractivity contribution in [3.63, 3.8) is 0 Å². The number of halogens is 1. The number of carbonyl (C=O) groups is 3. The van der Waals surface area contributed by atoms with Crippen LogP contribution in [0.3, 0.4) is 0 Å². The van der Waals surface area contributed by atoms with E-state index in [1.807, 2.05) is 0 Å². The average Bonchev–Trinajstić information content (AvgIpc) is 2.95. The fraction of sp³-hybridized carbons (Fsp3) is 0.286. The van der Waals surface area contributed by atoms with Crippen LogP contribution in [0.1, 0.15) is 41.8 Å². The van der Waals surface area contributed by atoms with E-state index in [2.05, 4.69) is 26.3 Å². The molecule has 2 amide bonds. The second kappa shape index (κ2) is 6.73. The van der Waals surface area contributed by atoms with Crippen LogP contribution in [0.2, 0.25) is 0 Å². The molecule has 0 aromatic carbocycles. The monoisotopic (exact) mass is 414 g/mol. The van der Waals surface area contributed by atoms with Gasteiger partial charge < -0.3 is 15.8 Å². The molecule has 3 N–H and O–H groups in total. The summed E-state index contributed by atoms with van der Waals surface area (Å²) in [6.45, 7) is 3.32. The second-order valence-electron chi connectivity index (χ2n) is 4.94. The number of primary amides is 1. The molecule has 0 bridgehead atoms. The molecule has 0 aliphatic rings. The highest BCUT2D eigenvalue weighted by atomic mass is 79.9. The highest BCUT2D eigenvalue weighted by Crippen LogP contribution is 2.34. The first-order valence-electron chi connectivity index (χ1n) is 6.71. The number of nitrogens with one attached hydrogen (secondary N) is 1. The first kappa shape index (κ1) is 18.1. The van der Waals surface area contributed by atoms with Gasteiger partial charge in [0, 0.05) is 7.05 Å². The normalized spacial score (nSPS) is 10.5. The molecule has 0 fully saturated rings. The summed E-state index contributed by atoms with van der Waals surface area (Å²) < 4.78 is 6.69. The van der Waals surface area contributed by atoms with Gasteiger partial charge in [0.1, 0.15) is 10.7 Å². The van der Waals surface area contributed by atoms with Crippen LogP contribution in [0, 0.1) is 13.8 Å². The molecule has 2 aromatic rings. The van der Waals surface area contributed by atoms with Crippen molar-refractivity contribution in [1.82, 2.24) is 9.78 Å². The number of thiophene rings is 1. The smallest absolute Gasteiger partial charge is 0.341 e. The predicted octanol–water partition coefficient (Wildman–Crippen LogP) is 2.00. The summed E-state index contributed by atoms with van der Waals surface area (Å²) in [5, 5.41) is 6.98. The summed E-state index contributed by atoms with van der Waals surface area (Å²) in [4.78, 5) is 36.3. The van der Waals surface area contributed by atoms with E-state index < -0.39 is 17.8 Å². The van der Waals surface area contributed by atoms with E-state index in [4.69, 9.17) is 10.5 Å². The van der Waals surface area contributed by atoms with Gasteiger partial charge >= 0.3 is 5.97 Å². The summed E-state index contributed by atoms with van der Waals surface area (Å²) in [5.74, 6) is -1.82. The standard InChI is InChI=1S/C14H15BrN4O4S/c1-5-7(14(22)23-4)13(24-10(5)11(16)20)17-12(21)9-8(15)6(2)18-19(9)3/h1-4H3,(H2,16,20)(H,17,21). The Labute approximate surface area is 150 Å². The topological polar surface area (TPSA) is 116 Å². The molecule has 128 valence electrons. The zero-order valence-electron chi connectivity index (χ0n) is 13.4. The van der Waals surface area contributed by atoms with E-state index in [1.54, 1.807) is 20.9 Å². The molecule has 2 aromatic heterocycles. The zero-order chi connectivity index (χ0) is 18.2. The van der Waals surface area contributed by atoms with Gasteiger partial charge in [-0.05, 0) is 35.3 Å². The number of hydrogen-bond acceptors (Lipinski definition) is 6. The lowest BCUT2D eigenvalue weighted by Crippen LogP contribution is -2.18. The average molecular weight is 415 g/mol. The van der Waals surface area contributed by atoms with Crippen LogP contribution in [-0.4, -0.2) is 34.7 Å². The molecule has 8 nitrogen and oxygen atoms in total. The van der Waals surface area contributed by atoms with Crippen molar-refractivity contribution in [2.24, 2.45) is 12.8 Å². The van der Waals surface area contributed by atoms with Crippen LogP contribution >= 0.6 is 27.3 Å². The van der Waals surface area contributed by atoms with Gasteiger partial charge in [-0.25, -0.2) is 4.79 Å². The quantitative estimate of drug-likeness (QED) is 0.741. The number of aryl methyl sites for hydroxylation is 2. The molecule has 0 saturated heterocycles. The van der Waals surface area contributed by atoms with Crippen molar-refractivity contribution < 1.29 is 19.1 Å². The lowest BCUT2D eigenvalue weighted by molar-refractivity contribution is 0.0601. The van der Waals surface area contributed by atoms with E-state index in [1.165, 1.54) is 11.8 Å². The molecule has 0 aliphatic heterocycles.